The quantitative estimate of drug-likeness (QED) is 0.724. The minimum atomic E-state index is -0.0218. The summed E-state index contributed by atoms with van der Waals surface area (Å²) < 4.78 is 0. The molecule has 5 nitrogen and oxygen atoms in total. The molecule has 1 aromatic heterocycles. The highest BCUT2D eigenvalue weighted by atomic mass is 16.1. The van der Waals surface area contributed by atoms with Gasteiger partial charge >= 0.3 is 0 Å². The first kappa shape index (κ1) is 16.4. The van der Waals surface area contributed by atoms with E-state index in [1.54, 1.807) is 24.5 Å². The average molecular weight is 316 g/mol. The third-order valence-corrected chi connectivity index (χ3v) is 5.50. The maximum absolute atomic E-state index is 11.9. The van der Waals surface area contributed by atoms with E-state index in [-0.39, 0.29) is 5.91 Å². The first-order valence-electron chi connectivity index (χ1n) is 8.90. The molecule has 1 saturated carbocycles. The minimum absolute atomic E-state index is 0.0218. The Morgan fingerprint density at radius 2 is 1.83 bits per heavy atom. The van der Waals surface area contributed by atoms with E-state index in [0.29, 0.717) is 23.6 Å². The average Bonchev–Trinajstić information content (AvgIpc) is 2.62. The number of nitrogens with one attached hydrogen (secondary N) is 3. The summed E-state index contributed by atoms with van der Waals surface area (Å²) in [5.41, 5.74) is 1.30. The van der Waals surface area contributed by atoms with E-state index in [1.165, 1.54) is 51.6 Å². The van der Waals surface area contributed by atoms with Crippen molar-refractivity contribution in [2.24, 2.45) is 5.41 Å². The number of piperidine rings is 1. The number of hydrogen-bond donors (Lipinski definition) is 3. The van der Waals surface area contributed by atoms with Gasteiger partial charge in [-0.15, -0.1) is 0 Å². The second-order valence-electron chi connectivity index (χ2n) is 6.97. The van der Waals surface area contributed by atoms with Gasteiger partial charge in [-0.2, -0.15) is 0 Å². The third kappa shape index (κ3) is 4.52. The zero-order valence-electron chi connectivity index (χ0n) is 13.8. The Labute approximate surface area is 138 Å². The van der Waals surface area contributed by atoms with Crippen molar-refractivity contribution in [1.82, 2.24) is 20.9 Å². The summed E-state index contributed by atoms with van der Waals surface area (Å²) >= 11 is 0. The highest BCUT2D eigenvalue weighted by Gasteiger charge is 2.35. The van der Waals surface area contributed by atoms with Crippen LogP contribution in [0.5, 0.6) is 0 Å². The van der Waals surface area contributed by atoms with E-state index < -0.39 is 0 Å². The molecule has 0 unspecified atom stereocenters. The number of carbonyl (C=O) groups is 1. The highest BCUT2D eigenvalue weighted by molar-refractivity contribution is 5.93. The summed E-state index contributed by atoms with van der Waals surface area (Å²) in [5.74, 6) is -0.0218. The number of pyridine rings is 1. The fourth-order valence-corrected chi connectivity index (χ4v) is 3.95. The molecule has 0 bridgehead atoms. The van der Waals surface area contributed by atoms with Crippen molar-refractivity contribution in [2.75, 3.05) is 26.2 Å². The summed E-state index contributed by atoms with van der Waals surface area (Å²) in [4.78, 5) is 15.9. The van der Waals surface area contributed by atoms with Gasteiger partial charge < -0.3 is 16.0 Å². The lowest BCUT2D eigenvalue weighted by molar-refractivity contribution is 0.0951. The van der Waals surface area contributed by atoms with E-state index in [9.17, 15) is 4.79 Å². The first-order chi connectivity index (χ1) is 11.3. The van der Waals surface area contributed by atoms with Gasteiger partial charge in [0.1, 0.15) is 0 Å². The van der Waals surface area contributed by atoms with Gasteiger partial charge in [-0.25, -0.2) is 0 Å². The van der Waals surface area contributed by atoms with Gasteiger partial charge in [0.25, 0.3) is 5.91 Å². The Balaban J connectivity index is 1.32. The van der Waals surface area contributed by atoms with Crippen LogP contribution in [-0.4, -0.2) is 43.1 Å². The number of aromatic nitrogens is 1. The fraction of sp³-hybridized carbons (Fsp3) is 0.667. The lowest BCUT2D eigenvalue weighted by Crippen LogP contribution is -2.44. The Hall–Kier alpha value is -1.46. The molecule has 0 radical (unpaired) electrons. The number of carbonyl (C=O) groups excluding carboxylic acids is 1. The zero-order chi connectivity index (χ0) is 16.0. The summed E-state index contributed by atoms with van der Waals surface area (Å²) in [5, 5.41) is 10.0. The maximum atomic E-state index is 11.9. The van der Waals surface area contributed by atoms with Crippen molar-refractivity contribution >= 4 is 5.91 Å². The minimum Gasteiger partial charge on any atom is -0.351 e. The molecule has 2 heterocycles. The molecule has 2 aliphatic rings. The van der Waals surface area contributed by atoms with Gasteiger partial charge in [-0.1, -0.05) is 0 Å². The van der Waals surface area contributed by atoms with Crippen molar-refractivity contribution < 1.29 is 4.79 Å². The van der Waals surface area contributed by atoms with Crippen molar-refractivity contribution in [3.63, 3.8) is 0 Å². The molecule has 0 aromatic carbocycles. The van der Waals surface area contributed by atoms with Crippen LogP contribution in [0.3, 0.4) is 0 Å². The van der Waals surface area contributed by atoms with Crippen molar-refractivity contribution in [2.45, 2.75) is 44.6 Å². The molecule has 5 heteroatoms. The lowest BCUT2D eigenvalue weighted by atomic mass is 9.67. The van der Waals surface area contributed by atoms with Gasteiger partial charge in [0.15, 0.2) is 0 Å². The van der Waals surface area contributed by atoms with Crippen molar-refractivity contribution in [3.8, 4) is 0 Å². The highest BCUT2D eigenvalue weighted by Crippen LogP contribution is 2.43. The molecular formula is C18H28N4O. The third-order valence-electron chi connectivity index (χ3n) is 5.50. The maximum Gasteiger partial charge on any atom is 0.251 e. The Morgan fingerprint density at radius 1 is 1.13 bits per heavy atom. The fourth-order valence-electron chi connectivity index (χ4n) is 3.95. The number of nitrogens with zero attached hydrogens (tertiary/aromatic N) is 1. The summed E-state index contributed by atoms with van der Waals surface area (Å²) in [6.45, 7) is 3.90. The molecular weight excluding hydrogens is 288 g/mol. The van der Waals surface area contributed by atoms with Crippen LogP contribution < -0.4 is 16.0 Å². The number of hydrogen-bond acceptors (Lipinski definition) is 4. The molecule has 23 heavy (non-hydrogen) atoms. The first-order valence-corrected chi connectivity index (χ1v) is 8.90. The van der Waals surface area contributed by atoms with Crippen LogP contribution in [-0.2, 0) is 0 Å². The van der Waals surface area contributed by atoms with E-state index in [4.69, 9.17) is 0 Å². The van der Waals surface area contributed by atoms with E-state index in [0.717, 1.165) is 6.54 Å². The molecule has 2 fully saturated rings. The molecule has 1 aliphatic carbocycles. The van der Waals surface area contributed by atoms with Crippen LogP contribution in [0.2, 0.25) is 0 Å². The van der Waals surface area contributed by atoms with Crippen LogP contribution in [0.4, 0.5) is 0 Å². The summed E-state index contributed by atoms with van der Waals surface area (Å²) in [7, 11) is 0. The van der Waals surface area contributed by atoms with E-state index >= 15 is 0 Å². The largest absolute Gasteiger partial charge is 0.351 e. The zero-order valence-corrected chi connectivity index (χ0v) is 13.8. The van der Waals surface area contributed by atoms with Crippen LogP contribution in [0.1, 0.15) is 48.9 Å². The van der Waals surface area contributed by atoms with Crippen molar-refractivity contribution in [3.05, 3.63) is 30.1 Å². The Morgan fingerprint density at radius 3 is 2.52 bits per heavy atom. The molecule has 1 spiro atoms. The molecule has 3 rings (SSSR count). The summed E-state index contributed by atoms with van der Waals surface area (Å²) in [6, 6.07) is 4.10. The molecule has 1 aliphatic heterocycles. The van der Waals surface area contributed by atoms with E-state index in [1.807, 2.05) is 0 Å². The molecule has 0 atom stereocenters. The van der Waals surface area contributed by atoms with Gasteiger partial charge in [-0.05, 0) is 69.2 Å². The molecule has 1 amide bonds. The van der Waals surface area contributed by atoms with Crippen molar-refractivity contribution in [1.29, 1.82) is 0 Å². The normalized spacial score (nSPS) is 21.2. The van der Waals surface area contributed by atoms with E-state index in [2.05, 4.69) is 20.9 Å². The van der Waals surface area contributed by atoms with Crippen LogP contribution in [0.25, 0.3) is 0 Å². The topological polar surface area (TPSA) is 66.1 Å². The molecule has 3 N–H and O–H groups in total. The molecule has 1 aromatic rings. The Kier molecular flexibility index (Phi) is 5.62. The van der Waals surface area contributed by atoms with Gasteiger partial charge in [0, 0.05) is 37.1 Å². The second-order valence-corrected chi connectivity index (χ2v) is 6.97. The van der Waals surface area contributed by atoms with Crippen LogP contribution in [0, 0.1) is 5.41 Å². The standard InChI is InChI=1S/C18H28N4O/c23-17(15-3-9-19-10-4-15)22-14-13-21-16-1-5-18(6-2-16)7-11-20-12-8-18/h3-4,9-10,16,20-21H,1-2,5-8,11-14H2,(H,22,23). The predicted octanol–water partition coefficient (Wildman–Crippen LogP) is 1.71. The number of rotatable bonds is 5. The van der Waals surface area contributed by atoms with Gasteiger partial charge in [0.05, 0.1) is 0 Å². The molecule has 126 valence electrons. The lowest BCUT2D eigenvalue weighted by Gasteiger charge is -2.43. The Bertz CT molecular complexity index is 489. The molecule has 1 saturated heterocycles. The van der Waals surface area contributed by atoms with Crippen LogP contribution in [0.15, 0.2) is 24.5 Å². The van der Waals surface area contributed by atoms with Gasteiger partial charge in [-0.3, -0.25) is 9.78 Å². The number of amides is 1. The summed E-state index contributed by atoms with van der Waals surface area (Å²) in [6.07, 6.45) is 11.3. The smallest absolute Gasteiger partial charge is 0.251 e. The predicted molar refractivity (Wildman–Crippen MR) is 91.4 cm³/mol. The van der Waals surface area contributed by atoms with Gasteiger partial charge in [0.2, 0.25) is 0 Å². The SMILES string of the molecule is O=C(NCCNC1CCC2(CCNCC2)CC1)c1ccncc1. The van der Waals surface area contributed by atoms with Crippen LogP contribution >= 0.6 is 0 Å². The monoisotopic (exact) mass is 316 g/mol. The second kappa shape index (κ2) is 7.88.